The third kappa shape index (κ3) is 4.95. The fourth-order valence-corrected chi connectivity index (χ4v) is 2.75. The Kier molecular flexibility index (Phi) is 7.14. The molecule has 1 aromatic carbocycles. The summed E-state index contributed by atoms with van der Waals surface area (Å²) >= 11 is 0. The molecular formula is C18H26N4O5. The summed E-state index contributed by atoms with van der Waals surface area (Å²) in [7, 11) is 3.16. The molecule has 4 amide bonds. The van der Waals surface area contributed by atoms with Gasteiger partial charge in [-0.3, -0.25) is 14.5 Å². The minimum atomic E-state index is -1.22. The van der Waals surface area contributed by atoms with E-state index < -0.39 is 23.4 Å². The number of rotatable bonds is 10. The Balaban J connectivity index is 1.91. The predicted octanol–water partition coefficient (Wildman–Crippen LogP) is -0.186. The summed E-state index contributed by atoms with van der Waals surface area (Å²) in [6, 6.07) is 6.27. The van der Waals surface area contributed by atoms with Crippen LogP contribution in [-0.2, 0) is 19.9 Å². The molecule has 0 bridgehead atoms. The predicted molar refractivity (Wildman–Crippen MR) is 98.3 cm³/mol. The van der Waals surface area contributed by atoms with Crippen LogP contribution in [0.15, 0.2) is 24.3 Å². The number of methoxy groups -OCH3 is 2. The van der Waals surface area contributed by atoms with E-state index in [1.165, 1.54) is 0 Å². The minimum Gasteiger partial charge on any atom is -0.497 e. The largest absolute Gasteiger partial charge is 0.497 e. The van der Waals surface area contributed by atoms with Gasteiger partial charge in [0.1, 0.15) is 17.8 Å². The smallest absolute Gasteiger partial charge is 0.325 e. The molecule has 1 aromatic rings. The highest BCUT2D eigenvalue weighted by molar-refractivity contribution is 6.09. The average Bonchev–Trinajstić information content (AvgIpc) is 2.88. The number of ether oxygens (including phenoxy) is 2. The molecule has 1 fully saturated rings. The molecule has 1 saturated heterocycles. The highest BCUT2D eigenvalue weighted by atomic mass is 16.5. The Morgan fingerprint density at radius 3 is 2.48 bits per heavy atom. The van der Waals surface area contributed by atoms with Gasteiger partial charge in [-0.15, -0.1) is 0 Å². The van der Waals surface area contributed by atoms with E-state index in [9.17, 15) is 14.4 Å². The van der Waals surface area contributed by atoms with Gasteiger partial charge in [0.15, 0.2) is 0 Å². The van der Waals surface area contributed by atoms with E-state index in [2.05, 4.69) is 16.0 Å². The van der Waals surface area contributed by atoms with Crippen LogP contribution in [0.4, 0.5) is 4.79 Å². The zero-order valence-electron chi connectivity index (χ0n) is 15.8. The maximum atomic E-state index is 12.8. The van der Waals surface area contributed by atoms with Crippen LogP contribution in [0.3, 0.4) is 0 Å². The summed E-state index contributed by atoms with van der Waals surface area (Å²) in [5.74, 6) is -0.216. The average molecular weight is 378 g/mol. The van der Waals surface area contributed by atoms with Gasteiger partial charge in [0.2, 0.25) is 5.91 Å². The number of imide groups is 1. The highest BCUT2D eigenvalue weighted by Crippen LogP contribution is 2.29. The van der Waals surface area contributed by atoms with Crippen LogP contribution in [0.25, 0.3) is 0 Å². The van der Waals surface area contributed by atoms with Gasteiger partial charge >= 0.3 is 6.03 Å². The second-order valence-electron chi connectivity index (χ2n) is 6.27. The second kappa shape index (κ2) is 9.33. The number of carbonyl (C=O) groups is 3. The van der Waals surface area contributed by atoms with Crippen molar-refractivity contribution in [1.29, 1.82) is 0 Å². The summed E-state index contributed by atoms with van der Waals surface area (Å²) in [4.78, 5) is 38.0. The van der Waals surface area contributed by atoms with Gasteiger partial charge in [0.25, 0.3) is 5.91 Å². The number of nitrogens with one attached hydrogen (secondary N) is 3. The zero-order chi connectivity index (χ0) is 19.9. The quantitative estimate of drug-likeness (QED) is 0.385. The van der Waals surface area contributed by atoms with E-state index in [0.717, 1.165) is 4.90 Å². The first kappa shape index (κ1) is 20.7. The standard InChI is InChI=1S/C18H26N4O5/c1-18(13-4-6-14(27-3)7-5-13)16(24)22(17(25)21-18)12-15(23)20-9-8-19-10-11-26-2/h4-7,19H,8-12H2,1-3H3,(H,20,23)(H,21,25). The first-order chi connectivity index (χ1) is 12.9. The number of benzene rings is 1. The van der Waals surface area contributed by atoms with Gasteiger partial charge in [-0.1, -0.05) is 12.1 Å². The number of hydrogen-bond acceptors (Lipinski definition) is 6. The molecule has 2 rings (SSSR count). The Morgan fingerprint density at radius 2 is 1.85 bits per heavy atom. The first-order valence-electron chi connectivity index (χ1n) is 8.67. The van der Waals surface area contributed by atoms with Gasteiger partial charge in [0, 0.05) is 26.7 Å². The van der Waals surface area contributed by atoms with Crippen LogP contribution >= 0.6 is 0 Å². The van der Waals surface area contributed by atoms with Crippen LogP contribution in [-0.4, -0.2) is 69.8 Å². The van der Waals surface area contributed by atoms with Crippen molar-refractivity contribution in [2.75, 3.05) is 47.0 Å². The number of hydrogen-bond donors (Lipinski definition) is 3. The SMILES string of the molecule is COCCNCCNC(=O)CN1C(=O)NC(C)(c2ccc(OC)cc2)C1=O. The normalized spacial score (nSPS) is 19.1. The van der Waals surface area contributed by atoms with Crippen molar-refractivity contribution in [3.63, 3.8) is 0 Å². The molecule has 1 aliphatic rings. The fraction of sp³-hybridized carbons (Fsp3) is 0.500. The molecule has 3 N–H and O–H groups in total. The Bertz CT molecular complexity index is 679. The first-order valence-corrected chi connectivity index (χ1v) is 8.67. The molecular weight excluding hydrogens is 352 g/mol. The van der Waals surface area contributed by atoms with E-state index in [1.54, 1.807) is 45.4 Å². The summed E-state index contributed by atoms with van der Waals surface area (Å²) in [5, 5.41) is 8.43. The van der Waals surface area contributed by atoms with Crippen molar-refractivity contribution in [2.24, 2.45) is 0 Å². The lowest BCUT2D eigenvalue weighted by atomic mass is 9.92. The monoisotopic (exact) mass is 378 g/mol. The van der Waals surface area contributed by atoms with Gasteiger partial charge in [-0.2, -0.15) is 0 Å². The summed E-state index contributed by atoms with van der Waals surface area (Å²) in [6.07, 6.45) is 0. The van der Waals surface area contributed by atoms with Crippen LogP contribution in [0, 0.1) is 0 Å². The van der Waals surface area contributed by atoms with Crippen molar-refractivity contribution < 1.29 is 23.9 Å². The van der Waals surface area contributed by atoms with Crippen LogP contribution in [0.5, 0.6) is 5.75 Å². The molecule has 9 heteroatoms. The zero-order valence-corrected chi connectivity index (χ0v) is 15.8. The summed E-state index contributed by atoms with van der Waals surface area (Å²) in [5.41, 5.74) is -0.599. The second-order valence-corrected chi connectivity index (χ2v) is 6.27. The molecule has 27 heavy (non-hydrogen) atoms. The van der Waals surface area contributed by atoms with Crippen molar-refractivity contribution in [1.82, 2.24) is 20.9 Å². The van der Waals surface area contributed by atoms with Crippen molar-refractivity contribution in [3.05, 3.63) is 29.8 Å². The number of carbonyl (C=O) groups excluding carboxylic acids is 3. The number of nitrogens with zero attached hydrogens (tertiary/aromatic N) is 1. The number of amides is 4. The summed E-state index contributed by atoms with van der Waals surface area (Å²) < 4.78 is 10.0. The van der Waals surface area contributed by atoms with Gasteiger partial charge in [-0.05, 0) is 24.6 Å². The van der Waals surface area contributed by atoms with Gasteiger partial charge in [-0.25, -0.2) is 4.79 Å². The third-order valence-electron chi connectivity index (χ3n) is 4.35. The molecule has 0 saturated carbocycles. The molecule has 0 aromatic heterocycles. The Morgan fingerprint density at radius 1 is 1.15 bits per heavy atom. The fourth-order valence-electron chi connectivity index (χ4n) is 2.75. The Hall–Kier alpha value is -2.65. The number of urea groups is 1. The highest BCUT2D eigenvalue weighted by Gasteiger charge is 2.49. The molecule has 1 atom stereocenters. The molecule has 0 spiro atoms. The van der Waals surface area contributed by atoms with E-state index in [-0.39, 0.29) is 6.54 Å². The maximum Gasteiger partial charge on any atom is 0.325 e. The molecule has 0 radical (unpaired) electrons. The van der Waals surface area contributed by atoms with Crippen LogP contribution in [0.1, 0.15) is 12.5 Å². The van der Waals surface area contributed by atoms with Crippen molar-refractivity contribution in [2.45, 2.75) is 12.5 Å². The van der Waals surface area contributed by atoms with Crippen LogP contribution in [0.2, 0.25) is 0 Å². The van der Waals surface area contributed by atoms with Gasteiger partial charge < -0.3 is 25.4 Å². The topological polar surface area (TPSA) is 109 Å². The third-order valence-corrected chi connectivity index (χ3v) is 4.35. The minimum absolute atomic E-state index is 0.325. The lowest BCUT2D eigenvalue weighted by Gasteiger charge is -2.22. The maximum absolute atomic E-state index is 12.8. The van der Waals surface area contributed by atoms with E-state index in [0.29, 0.717) is 37.6 Å². The van der Waals surface area contributed by atoms with E-state index in [4.69, 9.17) is 9.47 Å². The summed E-state index contributed by atoms with van der Waals surface area (Å²) in [6.45, 7) is 3.52. The lowest BCUT2D eigenvalue weighted by molar-refractivity contribution is -0.134. The molecule has 1 unspecified atom stereocenters. The van der Waals surface area contributed by atoms with E-state index >= 15 is 0 Å². The van der Waals surface area contributed by atoms with Gasteiger partial charge in [0.05, 0.1) is 13.7 Å². The molecule has 0 aliphatic carbocycles. The molecule has 148 valence electrons. The lowest BCUT2D eigenvalue weighted by Crippen LogP contribution is -2.44. The molecule has 1 aliphatic heterocycles. The molecule has 9 nitrogen and oxygen atoms in total. The van der Waals surface area contributed by atoms with Crippen LogP contribution < -0.4 is 20.7 Å². The van der Waals surface area contributed by atoms with Crippen molar-refractivity contribution in [3.8, 4) is 5.75 Å². The van der Waals surface area contributed by atoms with Crippen molar-refractivity contribution >= 4 is 17.8 Å². The molecule has 1 heterocycles. The van der Waals surface area contributed by atoms with E-state index in [1.807, 2.05) is 0 Å². The Labute approximate surface area is 158 Å².